The van der Waals surface area contributed by atoms with E-state index >= 15 is 0 Å². The van der Waals surface area contributed by atoms with E-state index in [4.69, 9.17) is 4.84 Å². The molecule has 2 bridgehead atoms. The van der Waals surface area contributed by atoms with Crippen molar-refractivity contribution in [2.75, 3.05) is 12.0 Å². The summed E-state index contributed by atoms with van der Waals surface area (Å²) in [5.41, 5.74) is 8.33. The molecule has 1 aromatic heterocycles. The number of fused-ring (bicyclic) bond motifs is 2. The summed E-state index contributed by atoms with van der Waals surface area (Å²) in [6.07, 6.45) is 8.21. The first-order valence-electron chi connectivity index (χ1n) is 9.29. The van der Waals surface area contributed by atoms with E-state index in [9.17, 15) is 0 Å². The summed E-state index contributed by atoms with van der Waals surface area (Å²) in [7, 11) is 0. The molecule has 3 aliphatic carbocycles. The van der Waals surface area contributed by atoms with Crippen LogP contribution in [0.5, 0.6) is 0 Å². The maximum atomic E-state index is 6.32. The highest BCUT2D eigenvalue weighted by molar-refractivity contribution is 9.10. The normalized spacial score (nSPS) is 30.8. The predicted octanol–water partition coefficient (Wildman–Crippen LogP) is 3.93. The molecule has 4 fully saturated rings. The minimum atomic E-state index is -0.0637. The number of hydrazine groups is 2. The van der Waals surface area contributed by atoms with E-state index in [2.05, 4.69) is 36.7 Å². The van der Waals surface area contributed by atoms with E-state index < -0.39 is 0 Å². The van der Waals surface area contributed by atoms with Crippen molar-refractivity contribution in [3.63, 3.8) is 0 Å². The Morgan fingerprint density at radius 3 is 2.73 bits per heavy atom. The van der Waals surface area contributed by atoms with E-state index in [1.165, 1.54) is 25.7 Å². The van der Waals surface area contributed by atoms with Crippen molar-refractivity contribution in [3.05, 3.63) is 41.0 Å². The van der Waals surface area contributed by atoms with Crippen LogP contribution in [0.3, 0.4) is 0 Å². The number of hydrogen-bond acceptors (Lipinski definition) is 6. The molecule has 1 aliphatic heterocycles. The fourth-order valence-electron chi connectivity index (χ4n) is 4.70. The Hall–Kier alpha value is -1.54. The molecule has 1 atom stereocenters. The van der Waals surface area contributed by atoms with Crippen LogP contribution in [0.25, 0.3) is 11.3 Å². The van der Waals surface area contributed by atoms with Crippen molar-refractivity contribution in [1.29, 1.82) is 0 Å². The molecular weight excluding hydrogens is 394 g/mol. The van der Waals surface area contributed by atoms with Gasteiger partial charge in [0.2, 0.25) is 5.95 Å². The highest BCUT2D eigenvalue weighted by Gasteiger charge is 2.53. The van der Waals surface area contributed by atoms with Gasteiger partial charge in [0.25, 0.3) is 0 Å². The lowest BCUT2D eigenvalue weighted by molar-refractivity contribution is -0.235. The second-order valence-corrected chi connectivity index (χ2v) is 8.43. The van der Waals surface area contributed by atoms with E-state index in [0.717, 1.165) is 34.6 Å². The van der Waals surface area contributed by atoms with Crippen molar-refractivity contribution >= 4 is 21.9 Å². The molecule has 136 valence electrons. The number of rotatable bonds is 3. The Morgan fingerprint density at radius 2 is 2.00 bits per heavy atom. The average molecular weight is 416 g/mol. The second kappa shape index (κ2) is 6.56. The standard InChI is InChI=1S/C19H22BrN5O/c20-16-11-21-18(23-17(16)14-4-2-1-3-5-14)24-25-22-12-19(26-25)10-13-6-8-15(19)9-7-13/h1-5,11,13,15,22H,6-10,12H2,(H,21,23,24)/t13?,15?,19-/m0/s1. The van der Waals surface area contributed by atoms with Crippen molar-refractivity contribution in [2.45, 2.75) is 37.7 Å². The minimum absolute atomic E-state index is 0.0637. The number of benzene rings is 1. The molecule has 6 nitrogen and oxygen atoms in total. The Balaban J connectivity index is 1.33. The molecule has 2 aromatic rings. The molecule has 3 saturated carbocycles. The predicted molar refractivity (Wildman–Crippen MR) is 103 cm³/mol. The van der Waals surface area contributed by atoms with Crippen molar-refractivity contribution in [2.24, 2.45) is 11.8 Å². The smallest absolute Gasteiger partial charge is 0.241 e. The quantitative estimate of drug-likeness (QED) is 0.791. The number of nitrogens with zero attached hydrogens (tertiary/aromatic N) is 3. The van der Waals surface area contributed by atoms with Crippen LogP contribution in [-0.4, -0.2) is 27.4 Å². The highest BCUT2D eigenvalue weighted by Crippen LogP contribution is 2.50. The van der Waals surface area contributed by atoms with Crippen molar-refractivity contribution in [3.8, 4) is 11.3 Å². The van der Waals surface area contributed by atoms with Gasteiger partial charge in [-0.15, -0.1) is 0 Å². The average Bonchev–Trinajstić information content (AvgIpc) is 3.07. The maximum absolute atomic E-state index is 6.32. The van der Waals surface area contributed by atoms with Crippen LogP contribution in [-0.2, 0) is 4.84 Å². The van der Waals surface area contributed by atoms with Crippen molar-refractivity contribution < 1.29 is 4.84 Å². The molecule has 7 heteroatoms. The molecule has 2 heterocycles. The zero-order valence-electron chi connectivity index (χ0n) is 14.5. The Bertz CT molecular complexity index is 796. The number of hydrogen-bond donors (Lipinski definition) is 2. The lowest BCUT2D eigenvalue weighted by Crippen LogP contribution is -2.50. The summed E-state index contributed by atoms with van der Waals surface area (Å²) < 4.78 is 0.866. The molecule has 2 N–H and O–H groups in total. The summed E-state index contributed by atoms with van der Waals surface area (Å²) in [6.45, 7) is 0.850. The van der Waals surface area contributed by atoms with Gasteiger partial charge in [0.05, 0.1) is 10.2 Å². The molecule has 1 saturated heterocycles. The molecular formula is C19H22BrN5O. The summed E-state index contributed by atoms with van der Waals surface area (Å²) in [5, 5.41) is 1.61. The van der Waals surface area contributed by atoms with E-state index in [-0.39, 0.29) is 5.60 Å². The summed E-state index contributed by atoms with van der Waals surface area (Å²) in [6, 6.07) is 10.1. The van der Waals surface area contributed by atoms with Crippen LogP contribution in [0.15, 0.2) is 41.0 Å². The van der Waals surface area contributed by atoms with Crippen LogP contribution < -0.4 is 10.9 Å². The van der Waals surface area contributed by atoms with Gasteiger partial charge in [-0.2, -0.15) is 0 Å². The van der Waals surface area contributed by atoms with Crippen LogP contribution in [0, 0.1) is 11.8 Å². The summed E-state index contributed by atoms with van der Waals surface area (Å²) in [4.78, 5) is 15.4. The first kappa shape index (κ1) is 16.6. The molecule has 1 spiro atoms. The van der Waals surface area contributed by atoms with E-state index in [0.29, 0.717) is 11.9 Å². The molecule has 4 aliphatic rings. The number of anilines is 1. The van der Waals surface area contributed by atoms with E-state index in [1.54, 1.807) is 11.5 Å². The van der Waals surface area contributed by atoms with Crippen LogP contribution in [0.2, 0.25) is 0 Å². The Kier molecular flexibility index (Phi) is 4.20. The molecule has 0 unspecified atom stereocenters. The molecule has 1 aromatic carbocycles. The van der Waals surface area contributed by atoms with Gasteiger partial charge in [0.1, 0.15) is 5.60 Å². The van der Waals surface area contributed by atoms with Gasteiger partial charge in [-0.1, -0.05) is 30.3 Å². The van der Waals surface area contributed by atoms with Gasteiger partial charge in [-0.25, -0.2) is 20.8 Å². The van der Waals surface area contributed by atoms with Crippen LogP contribution in [0.1, 0.15) is 32.1 Å². The van der Waals surface area contributed by atoms with Gasteiger partial charge >= 0.3 is 0 Å². The lowest BCUT2D eigenvalue weighted by Gasteiger charge is -2.47. The fraction of sp³-hybridized carbons (Fsp3) is 0.474. The number of aromatic nitrogens is 2. The summed E-state index contributed by atoms with van der Waals surface area (Å²) in [5.74, 6) is 1.98. The maximum Gasteiger partial charge on any atom is 0.241 e. The zero-order valence-corrected chi connectivity index (χ0v) is 16.1. The SMILES string of the molecule is Brc1cnc(NN2NC[C@]3(CC4CCC3CC4)O2)nc1-c1ccccc1. The molecule has 26 heavy (non-hydrogen) atoms. The second-order valence-electron chi connectivity index (χ2n) is 7.58. The Morgan fingerprint density at radius 1 is 1.19 bits per heavy atom. The van der Waals surface area contributed by atoms with Gasteiger partial charge in [0, 0.05) is 18.3 Å². The topological polar surface area (TPSA) is 62.3 Å². The monoisotopic (exact) mass is 415 g/mol. The molecule has 6 rings (SSSR count). The number of nitrogens with one attached hydrogen (secondary N) is 2. The van der Waals surface area contributed by atoms with E-state index in [1.807, 2.05) is 30.3 Å². The van der Waals surface area contributed by atoms with Gasteiger partial charge < -0.3 is 0 Å². The highest BCUT2D eigenvalue weighted by atomic mass is 79.9. The van der Waals surface area contributed by atoms with Crippen molar-refractivity contribution in [1.82, 2.24) is 20.7 Å². The lowest BCUT2D eigenvalue weighted by atomic mass is 9.62. The largest absolute Gasteiger partial charge is 0.257 e. The van der Waals surface area contributed by atoms with Crippen LogP contribution >= 0.6 is 15.9 Å². The van der Waals surface area contributed by atoms with Gasteiger partial charge in [0.15, 0.2) is 0 Å². The zero-order chi connectivity index (χ0) is 17.6. The third-order valence-electron chi connectivity index (χ3n) is 6.01. The van der Waals surface area contributed by atoms with Gasteiger partial charge in [-0.3, -0.25) is 4.84 Å². The first-order valence-corrected chi connectivity index (χ1v) is 10.1. The molecule has 0 radical (unpaired) electrons. The third-order valence-corrected chi connectivity index (χ3v) is 6.59. The minimum Gasteiger partial charge on any atom is -0.257 e. The molecule has 0 amide bonds. The summed E-state index contributed by atoms with van der Waals surface area (Å²) >= 11 is 3.55. The van der Waals surface area contributed by atoms with Gasteiger partial charge in [-0.05, 0) is 65.2 Å². The first-order chi connectivity index (χ1) is 12.7. The fourth-order valence-corrected chi connectivity index (χ4v) is 5.12. The Labute approximate surface area is 161 Å². The number of halogens is 1. The third kappa shape index (κ3) is 2.93. The van der Waals surface area contributed by atoms with Crippen LogP contribution in [0.4, 0.5) is 5.95 Å².